The zero-order valence-electron chi connectivity index (χ0n) is 18.0. The van der Waals surface area contributed by atoms with Gasteiger partial charge in [0.1, 0.15) is 10.8 Å². The first-order chi connectivity index (χ1) is 15.4. The van der Waals surface area contributed by atoms with Crippen molar-refractivity contribution in [2.75, 3.05) is 18.2 Å². The summed E-state index contributed by atoms with van der Waals surface area (Å²) < 4.78 is 12.7. The molecule has 0 saturated carbocycles. The third kappa shape index (κ3) is 5.57. The van der Waals surface area contributed by atoms with Gasteiger partial charge < -0.3 is 14.8 Å². The van der Waals surface area contributed by atoms with E-state index in [0.29, 0.717) is 28.1 Å². The SMILES string of the molecule is C=CCn1c(SCC(=O)Nc2sccc2C(=O)OC)nnc1C(C)Oc1ccccc1C. The van der Waals surface area contributed by atoms with E-state index in [2.05, 4.69) is 22.1 Å². The highest BCUT2D eigenvalue weighted by Gasteiger charge is 2.21. The normalized spacial score (nSPS) is 11.6. The lowest BCUT2D eigenvalue weighted by Gasteiger charge is -2.17. The van der Waals surface area contributed by atoms with Gasteiger partial charge >= 0.3 is 5.97 Å². The van der Waals surface area contributed by atoms with Crippen molar-refractivity contribution in [3.05, 3.63) is 65.3 Å². The molecule has 1 aromatic carbocycles. The number of esters is 1. The number of benzene rings is 1. The maximum atomic E-state index is 12.5. The van der Waals surface area contributed by atoms with Gasteiger partial charge in [-0.3, -0.25) is 9.36 Å². The van der Waals surface area contributed by atoms with Gasteiger partial charge in [0.15, 0.2) is 17.1 Å². The first-order valence-electron chi connectivity index (χ1n) is 9.79. The number of thioether (sulfide) groups is 1. The van der Waals surface area contributed by atoms with E-state index in [1.807, 2.05) is 42.7 Å². The quantitative estimate of drug-likeness (QED) is 0.264. The monoisotopic (exact) mass is 472 g/mol. The van der Waals surface area contributed by atoms with Crippen LogP contribution in [-0.4, -0.2) is 39.5 Å². The molecule has 0 spiro atoms. The van der Waals surface area contributed by atoms with E-state index in [4.69, 9.17) is 9.47 Å². The summed E-state index contributed by atoms with van der Waals surface area (Å²) in [6, 6.07) is 9.38. The Morgan fingerprint density at radius 1 is 1.31 bits per heavy atom. The Hall–Kier alpha value is -3.11. The van der Waals surface area contributed by atoms with Gasteiger partial charge in [-0.15, -0.1) is 28.1 Å². The summed E-state index contributed by atoms with van der Waals surface area (Å²) in [7, 11) is 1.30. The van der Waals surface area contributed by atoms with Gasteiger partial charge in [0, 0.05) is 6.54 Å². The highest BCUT2D eigenvalue weighted by atomic mass is 32.2. The van der Waals surface area contributed by atoms with Crippen LogP contribution in [0.1, 0.15) is 34.8 Å². The van der Waals surface area contributed by atoms with Gasteiger partial charge in [-0.2, -0.15) is 0 Å². The van der Waals surface area contributed by atoms with Crippen LogP contribution < -0.4 is 10.1 Å². The molecule has 1 N–H and O–H groups in total. The van der Waals surface area contributed by atoms with Crippen LogP contribution >= 0.6 is 23.1 Å². The van der Waals surface area contributed by atoms with Crippen LogP contribution in [0, 0.1) is 6.92 Å². The number of rotatable bonds is 10. The summed E-state index contributed by atoms with van der Waals surface area (Å²) in [5.41, 5.74) is 1.36. The molecule has 0 bridgehead atoms. The summed E-state index contributed by atoms with van der Waals surface area (Å²) in [6.45, 7) is 8.17. The van der Waals surface area contributed by atoms with Gasteiger partial charge in [0.2, 0.25) is 5.91 Å². The number of anilines is 1. The Morgan fingerprint density at radius 2 is 2.09 bits per heavy atom. The van der Waals surface area contributed by atoms with Gasteiger partial charge in [-0.05, 0) is 36.9 Å². The fourth-order valence-corrected chi connectivity index (χ4v) is 4.46. The van der Waals surface area contributed by atoms with Crippen molar-refractivity contribution in [2.45, 2.75) is 31.7 Å². The molecule has 1 amide bonds. The Balaban J connectivity index is 1.68. The third-order valence-corrected chi connectivity index (χ3v) is 6.27. The van der Waals surface area contributed by atoms with E-state index in [1.165, 1.54) is 30.2 Å². The number of para-hydroxylation sites is 1. The van der Waals surface area contributed by atoms with Gasteiger partial charge in [-0.1, -0.05) is 36.0 Å². The number of aromatic nitrogens is 3. The highest BCUT2D eigenvalue weighted by molar-refractivity contribution is 7.99. The van der Waals surface area contributed by atoms with Crippen LogP contribution in [0.15, 0.2) is 53.5 Å². The van der Waals surface area contributed by atoms with E-state index in [-0.39, 0.29) is 17.8 Å². The predicted octanol–water partition coefficient (Wildman–Crippen LogP) is 4.49. The number of aryl methyl sites for hydroxylation is 1. The number of hydrogen-bond acceptors (Lipinski definition) is 8. The second-order valence-corrected chi connectivity index (χ2v) is 8.62. The molecule has 0 aliphatic carbocycles. The average Bonchev–Trinajstić information content (AvgIpc) is 3.40. The molecule has 10 heteroatoms. The Bertz CT molecular complexity index is 1110. The average molecular weight is 473 g/mol. The second-order valence-electron chi connectivity index (χ2n) is 6.76. The molecule has 32 heavy (non-hydrogen) atoms. The minimum atomic E-state index is -0.493. The van der Waals surface area contributed by atoms with Gasteiger partial charge in [-0.25, -0.2) is 4.79 Å². The number of hydrogen-bond donors (Lipinski definition) is 1. The number of nitrogens with one attached hydrogen (secondary N) is 1. The molecule has 0 aliphatic rings. The first-order valence-corrected chi connectivity index (χ1v) is 11.7. The molecule has 168 valence electrons. The Morgan fingerprint density at radius 3 is 2.81 bits per heavy atom. The number of methoxy groups -OCH3 is 1. The predicted molar refractivity (Wildman–Crippen MR) is 125 cm³/mol. The number of nitrogens with zero attached hydrogens (tertiary/aromatic N) is 3. The minimum absolute atomic E-state index is 0.0980. The molecular formula is C22H24N4O4S2. The van der Waals surface area contributed by atoms with Crippen LogP contribution in [0.25, 0.3) is 0 Å². The third-order valence-electron chi connectivity index (χ3n) is 4.47. The molecule has 0 radical (unpaired) electrons. The molecule has 0 aliphatic heterocycles. The minimum Gasteiger partial charge on any atom is -0.482 e. The van der Waals surface area contributed by atoms with Crippen LogP contribution in [0.4, 0.5) is 5.00 Å². The number of thiophene rings is 1. The van der Waals surface area contributed by atoms with Gasteiger partial charge in [0.25, 0.3) is 0 Å². The molecule has 3 rings (SSSR count). The van der Waals surface area contributed by atoms with Gasteiger partial charge in [0.05, 0.1) is 18.4 Å². The highest BCUT2D eigenvalue weighted by Crippen LogP contribution is 2.27. The summed E-state index contributed by atoms with van der Waals surface area (Å²) in [6.07, 6.45) is 1.40. The second kappa shape index (κ2) is 11.0. The molecule has 0 fully saturated rings. The lowest BCUT2D eigenvalue weighted by molar-refractivity contribution is -0.113. The summed E-state index contributed by atoms with van der Waals surface area (Å²) in [5, 5.41) is 14.0. The number of ether oxygens (including phenoxy) is 2. The van der Waals surface area contributed by atoms with Crippen molar-refractivity contribution in [3.63, 3.8) is 0 Å². The molecule has 2 heterocycles. The van der Waals surface area contributed by atoms with Crippen LogP contribution in [0.2, 0.25) is 0 Å². The maximum Gasteiger partial charge on any atom is 0.340 e. The van der Waals surface area contributed by atoms with E-state index in [0.717, 1.165) is 11.3 Å². The molecule has 1 atom stereocenters. The number of carbonyl (C=O) groups is 2. The molecular weight excluding hydrogens is 448 g/mol. The van der Waals surface area contributed by atoms with Crippen molar-refractivity contribution >= 4 is 40.0 Å². The lowest BCUT2D eigenvalue weighted by atomic mass is 10.2. The summed E-state index contributed by atoms with van der Waals surface area (Å²) >= 11 is 2.51. The first kappa shape index (κ1) is 23.6. The molecule has 1 unspecified atom stereocenters. The van der Waals surface area contributed by atoms with Crippen LogP contribution in [-0.2, 0) is 16.1 Å². The summed E-state index contributed by atoms with van der Waals surface area (Å²) in [5.74, 6) is 0.760. The Kier molecular flexibility index (Phi) is 8.07. The topological polar surface area (TPSA) is 95.3 Å². The molecule has 2 aromatic heterocycles. The summed E-state index contributed by atoms with van der Waals surface area (Å²) in [4.78, 5) is 24.2. The van der Waals surface area contributed by atoms with E-state index in [9.17, 15) is 9.59 Å². The number of allylic oxidation sites excluding steroid dienone is 1. The number of carbonyl (C=O) groups excluding carboxylic acids is 2. The van der Waals surface area contributed by atoms with E-state index < -0.39 is 5.97 Å². The van der Waals surface area contributed by atoms with Crippen LogP contribution in [0.3, 0.4) is 0 Å². The van der Waals surface area contributed by atoms with Crippen molar-refractivity contribution in [2.24, 2.45) is 0 Å². The van der Waals surface area contributed by atoms with Crippen molar-refractivity contribution in [1.82, 2.24) is 14.8 Å². The lowest BCUT2D eigenvalue weighted by Crippen LogP contribution is -2.16. The fourth-order valence-electron chi connectivity index (χ4n) is 2.91. The molecule has 8 nitrogen and oxygen atoms in total. The van der Waals surface area contributed by atoms with Crippen molar-refractivity contribution < 1.29 is 19.1 Å². The van der Waals surface area contributed by atoms with Crippen LogP contribution in [0.5, 0.6) is 5.75 Å². The zero-order valence-corrected chi connectivity index (χ0v) is 19.7. The largest absolute Gasteiger partial charge is 0.482 e. The molecule has 0 saturated heterocycles. The standard InChI is InChI=1S/C22H24N4O4S2/c1-5-11-26-19(15(3)30-17-9-7-6-8-14(17)2)24-25-22(26)32-13-18(27)23-20-16(10-12-31-20)21(28)29-4/h5-10,12,15H,1,11,13H2,2-4H3,(H,23,27). The smallest absolute Gasteiger partial charge is 0.340 e. The van der Waals surface area contributed by atoms with E-state index >= 15 is 0 Å². The van der Waals surface area contributed by atoms with Crippen molar-refractivity contribution in [1.29, 1.82) is 0 Å². The maximum absolute atomic E-state index is 12.5. The molecule has 3 aromatic rings. The fraction of sp³-hybridized carbons (Fsp3) is 0.273. The Labute approximate surface area is 194 Å². The number of amides is 1. The van der Waals surface area contributed by atoms with E-state index in [1.54, 1.807) is 17.5 Å². The van der Waals surface area contributed by atoms with Crippen molar-refractivity contribution in [3.8, 4) is 5.75 Å². The zero-order chi connectivity index (χ0) is 23.1.